The molecule has 0 aliphatic rings. The summed E-state index contributed by atoms with van der Waals surface area (Å²) in [6.45, 7) is 10.5. The number of ketones is 1. The second-order valence-electron chi connectivity index (χ2n) is 11.1. The summed E-state index contributed by atoms with van der Waals surface area (Å²) in [7, 11) is -2.49. The van der Waals surface area contributed by atoms with Crippen LogP contribution in [0.2, 0.25) is 0 Å². The van der Waals surface area contributed by atoms with Gasteiger partial charge in [0, 0.05) is 24.4 Å². The lowest BCUT2D eigenvalue weighted by Crippen LogP contribution is -2.32. The molecule has 0 radical (unpaired) electrons. The van der Waals surface area contributed by atoms with E-state index in [1.807, 2.05) is 6.07 Å². The molecule has 232 valence electrons. The number of hydrogen-bond acceptors (Lipinski definition) is 6. The molecule has 0 atom stereocenters. The summed E-state index contributed by atoms with van der Waals surface area (Å²) in [5.41, 5.74) is 0.991. The third-order valence-corrected chi connectivity index (χ3v) is 9.54. The van der Waals surface area contributed by atoms with E-state index in [9.17, 15) is 13.2 Å². The van der Waals surface area contributed by atoms with Crippen LogP contribution in [0.15, 0.2) is 57.8 Å². The fraction of sp³-hybridized carbons (Fsp3) is 0.559. The quantitative estimate of drug-likeness (QED) is 0.0922. The molecule has 0 saturated heterocycles. The minimum atomic E-state index is -3.94. The minimum absolute atomic E-state index is 0.167. The fourth-order valence-electron chi connectivity index (χ4n) is 5.03. The van der Waals surface area contributed by atoms with E-state index < -0.39 is 10.0 Å². The van der Waals surface area contributed by atoms with E-state index >= 15 is 0 Å². The number of fused-ring (bicyclic) bond motifs is 1. The van der Waals surface area contributed by atoms with Crippen LogP contribution in [0.1, 0.15) is 94.7 Å². The van der Waals surface area contributed by atoms with E-state index in [4.69, 9.17) is 9.15 Å². The van der Waals surface area contributed by atoms with Gasteiger partial charge in [0.2, 0.25) is 10.0 Å². The topological polar surface area (TPSA) is 80.1 Å². The van der Waals surface area contributed by atoms with E-state index in [0.29, 0.717) is 41.1 Å². The smallest absolute Gasteiger partial charge is 0.247 e. The number of carbonyl (C=O) groups is 1. The number of para-hydroxylation sites is 1. The number of Topliss-reactive ketones (excluding diaryl/α,β-unsaturated/α-hetero) is 1. The Morgan fingerprint density at radius 3 is 2.12 bits per heavy atom. The molecule has 1 heterocycles. The minimum Gasteiger partial charge on any atom is -0.494 e. The Morgan fingerprint density at radius 1 is 0.810 bits per heavy atom. The predicted octanol–water partition coefficient (Wildman–Crippen LogP) is 7.73. The first kappa shape index (κ1) is 33.8. The molecule has 0 amide bonds. The predicted molar refractivity (Wildman–Crippen MR) is 171 cm³/mol. The van der Waals surface area contributed by atoms with E-state index in [0.717, 1.165) is 36.5 Å². The van der Waals surface area contributed by atoms with Crippen LogP contribution in [0, 0.1) is 0 Å². The Hall–Kier alpha value is -2.68. The molecule has 0 fully saturated rings. The maximum absolute atomic E-state index is 13.6. The van der Waals surface area contributed by atoms with Crippen molar-refractivity contribution in [2.45, 2.75) is 89.9 Å². The lowest BCUT2D eigenvalue weighted by atomic mass is 10.1. The van der Waals surface area contributed by atoms with Crippen LogP contribution < -0.4 is 4.74 Å². The molecule has 0 aliphatic carbocycles. The molecular weight excluding hydrogens is 548 g/mol. The second kappa shape index (κ2) is 17.4. The molecule has 3 rings (SSSR count). The van der Waals surface area contributed by atoms with Crippen LogP contribution in [0.4, 0.5) is 0 Å². The molecule has 2 aromatic carbocycles. The number of nitrogens with zero attached hydrogens (tertiary/aromatic N) is 2. The van der Waals surface area contributed by atoms with Gasteiger partial charge in [0.25, 0.3) is 0 Å². The molecule has 0 saturated carbocycles. The van der Waals surface area contributed by atoms with Gasteiger partial charge in [0.15, 0.2) is 5.78 Å². The van der Waals surface area contributed by atoms with Gasteiger partial charge in [-0.1, -0.05) is 52.2 Å². The lowest BCUT2D eigenvalue weighted by Gasteiger charge is -2.21. The summed E-state index contributed by atoms with van der Waals surface area (Å²) in [4.78, 5) is 15.8. The number of furan rings is 1. The number of aryl methyl sites for hydroxylation is 1. The largest absolute Gasteiger partial charge is 0.494 e. The Bertz CT molecular complexity index is 1330. The average Bonchev–Trinajstić information content (AvgIpc) is 3.38. The molecular formula is C34H50N2O5S. The van der Waals surface area contributed by atoms with Crippen molar-refractivity contribution in [2.24, 2.45) is 0 Å². The monoisotopic (exact) mass is 598 g/mol. The van der Waals surface area contributed by atoms with E-state index in [-0.39, 0.29) is 17.2 Å². The van der Waals surface area contributed by atoms with Crippen LogP contribution >= 0.6 is 0 Å². The number of ether oxygens (including phenoxy) is 1. The van der Waals surface area contributed by atoms with Crippen LogP contribution in [0.5, 0.6) is 5.75 Å². The third-order valence-electron chi connectivity index (χ3n) is 7.63. The molecule has 0 spiro atoms. The Balaban J connectivity index is 1.51. The Morgan fingerprint density at radius 2 is 1.45 bits per heavy atom. The molecule has 0 N–H and O–H groups in total. The number of benzene rings is 2. The number of rotatable bonds is 21. The fourth-order valence-corrected chi connectivity index (χ4v) is 6.51. The van der Waals surface area contributed by atoms with E-state index in [2.05, 4.69) is 25.7 Å². The normalized spacial score (nSPS) is 12.0. The van der Waals surface area contributed by atoms with Gasteiger partial charge in [0.1, 0.15) is 22.0 Å². The number of hydrogen-bond donors (Lipinski definition) is 0. The summed E-state index contributed by atoms with van der Waals surface area (Å²) in [6, 6.07) is 14.1. The highest BCUT2D eigenvalue weighted by Gasteiger charge is 2.31. The molecule has 8 heteroatoms. The van der Waals surface area contributed by atoms with Gasteiger partial charge in [-0.3, -0.25) is 4.79 Å². The highest BCUT2D eigenvalue weighted by molar-refractivity contribution is 7.89. The standard InChI is InChI=1S/C34H50N2O5S/c1-5-8-17-33-34(30-16-12-13-18-32(30)41-33)42(38,39)35(4)27-31(37)28-19-21-29(22-20-28)40-26-15-11-14-25-36(23-9-6-2)24-10-7-3/h12-13,16,18-22H,5-11,14-15,17,23-27H2,1-4H3. The maximum atomic E-state index is 13.6. The number of unbranched alkanes of at least 4 members (excludes halogenated alkanes) is 5. The number of likely N-dealkylation sites (N-methyl/N-ethyl adjacent to an activating group) is 1. The summed E-state index contributed by atoms with van der Waals surface area (Å²) in [5, 5.41) is 0.551. The van der Waals surface area contributed by atoms with Crippen LogP contribution in [0.25, 0.3) is 11.0 Å². The zero-order valence-electron chi connectivity index (χ0n) is 26.1. The zero-order valence-corrected chi connectivity index (χ0v) is 26.9. The van der Waals surface area contributed by atoms with Gasteiger partial charge in [-0.2, -0.15) is 4.31 Å². The SMILES string of the molecule is CCCCc1oc2ccccc2c1S(=O)(=O)N(C)CC(=O)c1ccc(OCCCCCN(CCCC)CCCC)cc1. The third kappa shape index (κ3) is 9.68. The Kier molecular flexibility index (Phi) is 14.0. The molecule has 0 unspecified atom stereocenters. The van der Waals surface area contributed by atoms with Crippen molar-refractivity contribution in [2.75, 3.05) is 39.8 Å². The van der Waals surface area contributed by atoms with E-state index in [1.54, 1.807) is 42.5 Å². The summed E-state index contributed by atoms with van der Waals surface area (Å²) >= 11 is 0. The van der Waals surface area contributed by atoms with Gasteiger partial charge in [-0.15, -0.1) is 0 Å². The van der Waals surface area contributed by atoms with E-state index in [1.165, 1.54) is 52.2 Å². The highest BCUT2D eigenvalue weighted by Crippen LogP contribution is 2.33. The van der Waals surface area contributed by atoms with Gasteiger partial charge in [-0.25, -0.2) is 8.42 Å². The average molecular weight is 599 g/mol. The molecule has 1 aromatic heterocycles. The highest BCUT2D eigenvalue weighted by atomic mass is 32.2. The molecule has 3 aromatic rings. The molecule has 7 nitrogen and oxygen atoms in total. The van der Waals surface area contributed by atoms with Crippen molar-refractivity contribution < 1.29 is 22.4 Å². The number of sulfonamides is 1. The lowest BCUT2D eigenvalue weighted by molar-refractivity contribution is 0.0972. The first-order valence-electron chi connectivity index (χ1n) is 15.8. The van der Waals surface area contributed by atoms with Crippen LogP contribution in [0.3, 0.4) is 0 Å². The zero-order chi connectivity index (χ0) is 30.4. The Labute approximate surface area is 253 Å². The van der Waals surface area contributed by atoms with Crippen molar-refractivity contribution in [3.05, 3.63) is 59.9 Å². The molecule has 42 heavy (non-hydrogen) atoms. The summed E-state index contributed by atoms with van der Waals surface area (Å²) < 4.78 is 40.2. The first-order chi connectivity index (χ1) is 20.3. The van der Waals surface area contributed by atoms with Crippen molar-refractivity contribution in [3.8, 4) is 5.75 Å². The summed E-state index contributed by atoms with van der Waals surface area (Å²) in [5.74, 6) is 0.890. The maximum Gasteiger partial charge on any atom is 0.247 e. The molecule has 0 bridgehead atoms. The number of carbonyl (C=O) groups excluding carboxylic acids is 1. The van der Waals surface area contributed by atoms with Crippen LogP contribution in [-0.2, 0) is 16.4 Å². The first-order valence-corrected chi connectivity index (χ1v) is 17.2. The van der Waals surface area contributed by atoms with Gasteiger partial charge in [-0.05, 0) is 94.6 Å². The van der Waals surface area contributed by atoms with Crippen molar-refractivity contribution in [1.29, 1.82) is 0 Å². The van der Waals surface area contributed by atoms with Crippen LogP contribution in [-0.4, -0.2) is 63.2 Å². The molecule has 0 aliphatic heterocycles. The summed E-state index contributed by atoms with van der Waals surface area (Å²) in [6.07, 6.45) is 10.5. The van der Waals surface area contributed by atoms with Crippen molar-refractivity contribution >= 4 is 26.8 Å². The second-order valence-corrected chi connectivity index (χ2v) is 13.1. The van der Waals surface area contributed by atoms with Gasteiger partial charge < -0.3 is 14.1 Å². The van der Waals surface area contributed by atoms with Crippen molar-refractivity contribution in [3.63, 3.8) is 0 Å². The van der Waals surface area contributed by atoms with Crippen molar-refractivity contribution in [1.82, 2.24) is 9.21 Å². The van der Waals surface area contributed by atoms with Gasteiger partial charge >= 0.3 is 0 Å². The van der Waals surface area contributed by atoms with Gasteiger partial charge in [0.05, 0.1) is 13.2 Å².